The lowest BCUT2D eigenvalue weighted by atomic mass is 9.90. The Kier molecular flexibility index (Phi) is 4.43. The molecular formula is C23H18FN3O4. The van der Waals surface area contributed by atoms with E-state index in [-0.39, 0.29) is 6.10 Å². The van der Waals surface area contributed by atoms with Crippen LogP contribution in [0.15, 0.2) is 64.2 Å². The lowest BCUT2D eigenvalue weighted by molar-refractivity contribution is -0.0287. The molecule has 1 aliphatic heterocycles. The average molecular weight is 419 g/mol. The molecule has 156 valence electrons. The van der Waals surface area contributed by atoms with Gasteiger partial charge in [0.1, 0.15) is 29.4 Å². The molecule has 4 aromatic rings. The van der Waals surface area contributed by atoms with Crippen molar-refractivity contribution in [3.05, 3.63) is 76.9 Å². The van der Waals surface area contributed by atoms with Crippen molar-refractivity contribution in [2.24, 2.45) is 0 Å². The summed E-state index contributed by atoms with van der Waals surface area (Å²) >= 11 is 0. The van der Waals surface area contributed by atoms with Crippen LogP contribution < -0.4 is 15.1 Å². The molecule has 0 aliphatic carbocycles. The standard InChI is InChI=1S/C23H18FN3O4/c1-23(2)19(8-15-7-13-4-6-22(28)29-17(13)10-18(15)31-23)30-21-9-16(26-12-27-21)14-3-5-20(24)25-11-14/h3-7,9-12,19H,8H2,1-2H3/t19-/m0/s1. The second-order valence-electron chi connectivity index (χ2n) is 7.88. The van der Waals surface area contributed by atoms with E-state index in [1.807, 2.05) is 19.9 Å². The van der Waals surface area contributed by atoms with Crippen LogP contribution in [0, 0.1) is 5.95 Å². The predicted molar refractivity (Wildman–Crippen MR) is 111 cm³/mol. The molecule has 1 aliphatic rings. The van der Waals surface area contributed by atoms with Gasteiger partial charge >= 0.3 is 5.63 Å². The molecule has 8 heteroatoms. The van der Waals surface area contributed by atoms with E-state index in [1.165, 1.54) is 24.7 Å². The SMILES string of the molecule is CC1(C)Oc2cc3oc(=O)ccc3cc2C[C@@H]1Oc1cc(-c2ccc(F)nc2)ncn1. The van der Waals surface area contributed by atoms with E-state index in [2.05, 4.69) is 15.0 Å². The molecule has 0 spiro atoms. The highest BCUT2D eigenvalue weighted by molar-refractivity contribution is 5.79. The Hall–Kier alpha value is -3.81. The van der Waals surface area contributed by atoms with Crippen molar-refractivity contribution in [1.82, 2.24) is 15.0 Å². The Balaban J connectivity index is 1.45. The second kappa shape index (κ2) is 7.16. The van der Waals surface area contributed by atoms with Crippen molar-refractivity contribution in [3.8, 4) is 22.9 Å². The van der Waals surface area contributed by atoms with Crippen molar-refractivity contribution >= 4 is 11.0 Å². The molecule has 3 aromatic heterocycles. The molecule has 7 nitrogen and oxygen atoms in total. The summed E-state index contributed by atoms with van der Waals surface area (Å²) in [7, 11) is 0. The van der Waals surface area contributed by atoms with Crippen LogP contribution in [0.1, 0.15) is 19.4 Å². The van der Waals surface area contributed by atoms with Gasteiger partial charge in [0.05, 0.1) is 5.69 Å². The topological polar surface area (TPSA) is 87.3 Å². The van der Waals surface area contributed by atoms with Gasteiger partial charge in [-0.2, -0.15) is 4.39 Å². The van der Waals surface area contributed by atoms with Gasteiger partial charge in [-0.3, -0.25) is 0 Å². The third kappa shape index (κ3) is 3.72. The van der Waals surface area contributed by atoms with Crippen molar-refractivity contribution < 1.29 is 18.3 Å². The zero-order valence-electron chi connectivity index (χ0n) is 16.8. The molecule has 31 heavy (non-hydrogen) atoms. The Morgan fingerprint density at radius 3 is 2.77 bits per heavy atom. The third-order valence-corrected chi connectivity index (χ3v) is 5.28. The molecule has 0 unspecified atom stereocenters. The second-order valence-corrected chi connectivity index (χ2v) is 7.88. The van der Waals surface area contributed by atoms with Gasteiger partial charge in [0, 0.05) is 41.8 Å². The lowest BCUT2D eigenvalue weighted by Crippen LogP contribution is -2.49. The van der Waals surface area contributed by atoms with Gasteiger partial charge in [0.15, 0.2) is 0 Å². The van der Waals surface area contributed by atoms with Crippen LogP contribution in [0.3, 0.4) is 0 Å². The Morgan fingerprint density at radius 1 is 1.10 bits per heavy atom. The van der Waals surface area contributed by atoms with Crippen molar-refractivity contribution in [2.75, 3.05) is 0 Å². The fourth-order valence-corrected chi connectivity index (χ4v) is 3.61. The lowest BCUT2D eigenvalue weighted by Gasteiger charge is -2.39. The molecule has 0 N–H and O–H groups in total. The molecule has 0 amide bonds. The fourth-order valence-electron chi connectivity index (χ4n) is 3.61. The van der Waals surface area contributed by atoms with E-state index in [9.17, 15) is 9.18 Å². The minimum Gasteiger partial charge on any atom is -0.484 e. The van der Waals surface area contributed by atoms with Crippen LogP contribution in [0.5, 0.6) is 11.6 Å². The first-order valence-corrected chi connectivity index (χ1v) is 9.74. The number of hydrogen-bond donors (Lipinski definition) is 0. The van der Waals surface area contributed by atoms with E-state index in [0.29, 0.717) is 34.9 Å². The number of ether oxygens (including phenoxy) is 2. The highest BCUT2D eigenvalue weighted by Gasteiger charge is 2.39. The van der Waals surface area contributed by atoms with Crippen LogP contribution in [-0.2, 0) is 6.42 Å². The maximum Gasteiger partial charge on any atom is 0.336 e. The summed E-state index contributed by atoms with van der Waals surface area (Å²) in [5.41, 5.74) is 1.59. The van der Waals surface area contributed by atoms with Crippen LogP contribution >= 0.6 is 0 Å². The largest absolute Gasteiger partial charge is 0.484 e. The average Bonchev–Trinajstić information content (AvgIpc) is 2.73. The Labute approximate surface area is 176 Å². The van der Waals surface area contributed by atoms with E-state index >= 15 is 0 Å². The zero-order valence-corrected chi connectivity index (χ0v) is 16.8. The summed E-state index contributed by atoms with van der Waals surface area (Å²) in [4.78, 5) is 23.6. The number of hydrogen-bond acceptors (Lipinski definition) is 7. The number of fused-ring (bicyclic) bond motifs is 2. The first kappa shape index (κ1) is 19.2. The predicted octanol–water partition coefficient (Wildman–Crippen LogP) is 3.95. The number of halogens is 1. The summed E-state index contributed by atoms with van der Waals surface area (Å²) in [6, 6.07) is 11.4. The van der Waals surface area contributed by atoms with Gasteiger partial charge in [-0.15, -0.1) is 0 Å². The number of nitrogens with zero attached hydrogens (tertiary/aromatic N) is 3. The minimum atomic E-state index is -0.668. The molecule has 4 heterocycles. The van der Waals surface area contributed by atoms with E-state index < -0.39 is 17.2 Å². The summed E-state index contributed by atoms with van der Waals surface area (Å²) in [5.74, 6) is 0.486. The zero-order chi connectivity index (χ0) is 21.6. The molecule has 0 saturated carbocycles. The van der Waals surface area contributed by atoms with Gasteiger partial charge in [-0.05, 0) is 43.7 Å². The quantitative estimate of drug-likeness (QED) is 0.367. The number of aromatic nitrogens is 3. The molecule has 0 bridgehead atoms. The van der Waals surface area contributed by atoms with E-state index in [4.69, 9.17) is 13.9 Å². The third-order valence-electron chi connectivity index (χ3n) is 5.28. The molecule has 0 fully saturated rings. The van der Waals surface area contributed by atoms with Gasteiger partial charge in [0.2, 0.25) is 11.8 Å². The highest BCUT2D eigenvalue weighted by atomic mass is 19.1. The summed E-state index contributed by atoms with van der Waals surface area (Å²) in [6.45, 7) is 3.86. The molecular weight excluding hydrogens is 401 g/mol. The number of pyridine rings is 1. The van der Waals surface area contributed by atoms with Gasteiger partial charge in [0.25, 0.3) is 0 Å². The maximum absolute atomic E-state index is 13.1. The Bertz CT molecular complexity index is 1330. The molecule has 5 rings (SSSR count). The van der Waals surface area contributed by atoms with Crippen molar-refractivity contribution in [2.45, 2.75) is 32.0 Å². The molecule has 0 saturated heterocycles. The summed E-state index contributed by atoms with van der Waals surface area (Å²) < 4.78 is 30.8. The first-order valence-electron chi connectivity index (χ1n) is 9.74. The smallest absolute Gasteiger partial charge is 0.336 e. The van der Waals surface area contributed by atoms with E-state index in [0.717, 1.165) is 10.9 Å². The van der Waals surface area contributed by atoms with Crippen molar-refractivity contribution in [1.29, 1.82) is 0 Å². The highest BCUT2D eigenvalue weighted by Crippen LogP contribution is 2.37. The molecule has 1 aromatic carbocycles. The van der Waals surface area contributed by atoms with Gasteiger partial charge < -0.3 is 13.9 Å². The van der Waals surface area contributed by atoms with Gasteiger partial charge in [-0.25, -0.2) is 19.7 Å². The van der Waals surface area contributed by atoms with Crippen LogP contribution in [-0.4, -0.2) is 26.7 Å². The number of benzene rings is 1. The van der Waals surface area contributed by atoms with Crippen LogP contribution in [0.4, 0.5) is 4.39 Å². The normalized spacial score (nSPS) is 17.1. The minimum absolute atomic E-state index is 0.331. The van der Waals surface area contributed by atoms with Crippen LogP contribution in [0.2, 0.25) is 0 Å². The number of rotatable bonds is 3. The van der Waals surface area contributed by atoms with E-state index in [1.54, 1.807) is 24.3 Å². The molecule has 1 atom stereocenters. The summed E-state index contributed by atoms with van der Waals surface area (Å²) in [5, 5.41) is 0.813. The molecule has 0 radical (unpaired) electrons. The monoisotopic (exact) mass is 419 g/mol. The van der Waals surface area contributed by atoms with Crippen LogP contribution in [0.25, 0.3) is 22.2 Å². The van der Waals surface area contributed by atoms with Crippen molar-refractivity contribution in [3.63, 3.8) is 0 Å². The summed E-state index contributed by atoms with van der Waals surface area (Å²) in [6.07, 6.45) is 3.06. The maximum atomic E-state index is 13.1. The van der Waals surface area contributed by atoms with Gasteiger partial charge in [-0.1, -0.05) is 0 Å². The first-order chi connectivity index (χ1) is 14.9. The fraction of sp³-hybridized carbons (Fsp3) is 0.217. The Morgan fingerprint density at radius 2 is 1.97 bits per heavy atom.